The van der Waals surface area contributed by atoms with Crippen LogP contribution < -0.4 is 15.8 Å². The van der Waals surface area contributed by atoms with Gasteiger partial charge in [-0.05, 0) is 36.6 Å². The number of para-hydroxylation sites is 1. The van der Waals surface area contributed by atoms with Crippen LogP contribution in [0.15, 0.2) is 48.5 Å². The molecule has 1 amide bonds. The number of hydrogen-bond donors (Lipinski definition) is 2. The molecular formula is C24H29N3O2. The fraction of sp³-hybridized carbons (Fsp3) is 0.375. The standard InChI is InChI=1S/C24H29N3O2/c1-2-13-29-23-11-4-3-9-21(23)16-26-15-19-7-5-8-20(14-19)17-27-12-6-10-22(18-27)24(25)28/h1,3-5,7-9,11,14,22,26H,6,10,12-13,15-18H2,(H2,25,28). The number of primary amides is 1. The maximum Gasteiger partial charge on any atom is 0.221 e. The van der Waals surface area contributed by atoms with E-state index >= 15 is 0 Å². The molecule has 0 aromatic heterocycles. The smallest absolute Gasteiger partial charge is 0.221 e. The highest BCUT2D eigenvalue weighted by atomic mass is 16.5. The molecule has 152 valence electrons. The van der Waals surface area contributed by atoms with Gasteiger partial charge in [-0.3, -0.25) is 9.69 Å². The first-order valence-electron chi connectivity index (χ1n) is 10.1. The van der Waals surface area contributed by atoms with Crippen LogP contribution in [-0.4, -0.2) is 30.5 Å². The minimum atomic E-state index is -0.181. The van der Waals surface area contributed by atoms with Crippen molar-refractivity contribution in [2.45, 2.75) is 32.5 Å². The van der Waals surface area contributed by atoms with Gasteiger partial charge in [0.15, 0.2) is 0 Å². The second-order valence-corrected chi connectivity index (χ2v) is 7.50. The molecule has 0 saturated carbocycles. The molecule has 3 rings (SSSR count). The normalized spacial score (nSPS) is 16.9. The van der Waals surface area contributed by atoms with Crippen molar-refractivity contribution < 1.29 is 9.53 Å². The van der Waals surface area contributed by atoms with Gasteiger partial charge >= 0.3 is 0 Å². The molecule has 0 radical (unpaired) electrons. The van der Waals surface area contributed by atoms with Crippen LogP contribution in [0.1, 0.15) is 29.5 Å². The first-order valence-corrected chi connectivity index (χ1v) is 10.1. The zero-order chi connectivity index (χ0) is 20.5. The Morgan fingerprint density at radius 1 is 1.21 bits per heavy atom. The molecule has 2 aromatic carbocycles. The average molecular weight is 392 g/mol. The number of amides is 1. The van der Waals surface area contributed by atoms with Crippen LogP contribution in [0.5, 0.6) is 5.75 Å². The summed E-state index contributed by atoms with van der Waals surface area (Å²) in [5.41, 5.74) is 9.07. The van der Waals surface area contributed by atoms with Crippen molar-refractivity contribution in [3.63, 3.8) is 0 Å². The quantitative estimate of drug-likeness (QED) is 0.645. The van der Waals surface area contributed by atoms with Gasteiger partial charge in [-0.1, -0.05) is 48.4 Å². The molecule has 29 heavy (non-hydrogen) atoms. The Balaban J connectivity index is 1.53. The number of likely N-dealkylation sites (tertiary alicyclic amines) is 1. The van der Waals surface area contributed by atoms with Gasteiger partial charge in [-0.2, -0.15) is 0 Å². The van der Waals surface area contributed by atoms with E-state index in [1.165, 1.54) is 11.1 Å². The van der Waals surface area contributed by atoms with Crippen molar-refractivity contribution in [3.8, 4) is 18.1 Å². The number of carbonyl (C=O) groups is 1. The highest BCUT2D eigenvalue weighted by Gasteiger charge is 2.23. The molecule has 3 N–H and O–H groups in total. The van der Waals surface area contributed by atoms with Gasteiger partial charge < -0.3 is 15.8 Å². The van der Waals surface area contributed by atoms with E-state index in [-0.39, 0.29) is 18.4 Å². The van der Waals surface area contributed by atoms with E-state index in [0.29, 0.717) is 6.54 Å². The molecule has 1 heterocycles. The first kappa shape index (κ1) is 20.9. The highest BCUT2D eigenvalue weighted by Crippen LogP contribution is 2.20. The number of nitrogens with two attached hydrogens (primary N) is 1. The first-order chi connectivity index (χ1) is 14.2. The molecule has 1 saturated heterocycles. The summed E-state index contributed by atoms with van der Waals surface area (Å²) < 4.78 is 5.60. The molecule has 1 fully saturated rings. The second-order valence-electron chi connectivity index (χ2n) is 7.50. The minimum absolute atomic E-state index is 0.0228. The third kappa shape index (κ3) is 6.35. The molecule has 5 nitrogen and oxygen atoms in total. The Bertz CT molecular complexity index is 859. The van der Waals surface area contributed by atoms with Crippen molar-refractivity contribution in [1.29, 1.82) is 0 Å². The summed E-state index contributed by atoms with van der Waals surface area (Å²) in [4.78, 5) is 13.8. The molecule has 1 aliphatic rings. The summed E-state index contributed by atoms with van der Waals surface area (Å²) >= 11 is 0. The van der Waals surface area contributed by atoms with E-state index in [4.69, 9.17) is 16.9 Å². The summed E-state index contributed by atoms with van der Waals surface area (Å²) in [7, 11) is 0. The van der Waals surface area contributed by atoms with E-state index in [0.717, 1.165) is 50.3 Å². The lowest BCUT2D eigenvalue weighted by atomic mass is 9.97. The number of terminal acetylenes is 1. The van der Waals surface area contributed by atoms with Gasteiger partial charge in [-0.15, -0.1) is 6.42 Å². The second kappa shape index (κ2) is 10.7. The van der Waals surface area contributed by atoms with Crippen LogP contribution in [-0.2, 0) is 24.4 Å². The van der Waals surface area contributed by atoms with Gasteiger partial charge in [0, 0.05) is 31.7 Å². The molecule has 5 heteroatoms. The third-order valence-corrected chi connectivity index (χ3v) is 5.23. The predicted molar refractivity (Wildman–Crippen MR) is 115 cm³/mol. The molecule has 1 unspecified atom stereocenters. The minimum Gasteiger partial charge on any atom is -0.481 e. The van der Waals surface area contributed by atoms with E-state index in [2.05, 4.69) is 40.4 Å². The molecule has 0 spiro atoms. The van der Waals surface area contributed by atoms with Crippen LogP contribution in [0.2, 0.25) is 0 Å². The zero-order valence-electron chi connectivity index (χ0n) is 16.8. The van der Waals surface area contributed by atoms with Crippen LogP contribution >= 0.6 is 0 Å². The SMILES string of the molecule is C#CCOc1ccccc1CNCc1cccc(CN2CCCC(C(N)=O)C2)c1. The number of nitrogens with one attached hydrogen (secondary N) is 1. The molecule has 2 aromatic rings. The van der Waals surface area contributed by atoms with Gasteiger partial charge in [0.05, 0.1) is 5.92 Å². The van der Waals surface area contributed by atoms with Gasteiger partial charge in [0.25, 0.3) is 0 Å². The molecule has 0 bridgehead atoms. The lowest BCUT2D eigenvalue weighted by Gasteiger charge is -2.31. The van der Waals surface area contributed by atoms with Crippen LogP contribution in [0.25, 0.3) is 0 Å². The number of nitrogens with zero attached hydrogens (tertiary/aromatic N) is 1. The zero-order valence-corrected chi connectivity index (χ0v) is 16.8. The molecule has 1 atom stereocenters. The topological polar surface area (TPSA) is 67.6 Å². The van der Waals surface area contributed by atoms with Crippen molar-refractivity contribution in [2.75, 3.05) is 19.7 Å². The largest absolute Gasteiger partial charge is 0.481 e. The number of piperidine rings is 1. The predicted octanol–water partition coefficient (Wildman–Crippen LogP) is 2.69. The maximum absolute atomic E-state index is 11.5. The van der Waals surface area contributed by atoms with Crippen LogP contribution in [0.3, 0.4) is 0 Å². The highest BCUT2D eigenvalue weighted by molar-refractivity contribution is 5.76. The summed E-state index contributed by atoms with van der Waals surface area (Å²) in [6, 6.07) is 16.5. The lowest BCUT2D eigenvalue weighted by molar-refractivity contribution is -0.123. The average Bonchev–Trinajstić information content (AvgIpc) is 2.73. The maximum atomic E-state index is 11.5. The van der Waals surface area contributed by atoms with E-state index in [9.17, 15) is 4.79 Å². The molecular weight excluding hydrogens is 362 g/mol. The summed E-state index contributed by atoms with van der Waals surface area (Å²) in [6.45, 7) is 4.36. The Morgan fingerprint density at radius 3 is 2.86 bits per heavy atom. The Morgan fingerprint density at radius 2 is 2.03 bits per heavy atom. The van der Waals surface area contributed by atoms with Crippen LogP contribution in [0, 0.1) is 18.3 Å². The van der Waals surface area contributed by atoms with E-state index < -0.39 is 0 Å². The van der Waals surface area contributed by atoms with Crippen molar-refractivity contribution in [1.82, 2.24) is 10.2 Å². The van der Waals surface area contributed by atoms with Crippen LogP contribution in [0.4, 0.5) is 0 Å². The van der Waals surface area contributed by atoms with Crippen molar-refractivity contribution in [2.24, 2.45) is 11.7 Å². The number of ether oxygens (including phenoxy) is 1. The lowest BCUT2D eigenvalue weighted by Crippen LogP contribution is -2.40. The van der Waals surface area contributed by atoms with Gasteiger partial charge in [0.1, 0.15) is 12.4 Å². The summed E-state index contributed by atoms with van der Waals surface area (Å²) in [5.74, 6) is 3.12. The van der Waals surface area contributed by atoms with E-state index in [1.54, 1.807) is 0 Å². The monoisotopic (exact) mass is 391 g/mol. The fourth-order valence-electron chi connectivity index (χ4n) is 3.78. The summed E-state index contributed by atoms with van der Waals surface area (Å²) in [5, 5.41) is 3.48. The van der Waals surface area contributed by atoms with Gasteiger partial charge in [-0.25, -0.2) is 0 Å². The van der Waals surface area contributed by atoms with E-state index in [1.807, 2.05) is 24.3 Å². The fourth-order valence-corrected chi connectivity index (χ4v) is 3.78. The molecule has 0 aliphatic carbocycles. The van der Waals surface area contributed by atoms with Crippen molar-refractivity contribution >= 4 is 5.91 Å². The van der Waals surface area contributed by atoms with Gasteiger partial charge in [0.2, 0.25) is 5.91 Å². The number of carbonyl (C=O) groups excluding carboxylic acids is 1. The Labute approximate surface area is 173 Å². The number of rotatable bonds is 9. The molecule has 1 aliphatic heterocycles. The Hall–Kier alpha value is -2.81. The number of benzene rings is 2. The third-order valence-electron chi connectivity index (χ3n) is 5.23. The number of hydrogen-bond acceptors (Lipinski definition) is 4. The summed E-state index contributed by atoms with van der Waals surface area (Å²) in [6.07, 6.45) is 7.22. The Kier molecular flexibility index (Phi) is 7.69. The van der Waals surface area contributed by atoms with Crippen molar-refractivity contribution in [3.05, 3.63) is 65.2 Å².